The van der Waals surface area contributed by atoms with Gasteiger partial charge in [0.1, 0.15) is 0 Å². The van der Waals surface area contributed by atoms with Gasteiger partial charge in [-0.3, -0.25) is 0 Å². The van der Waals surface area contributed by atoms with Gasteiger partial charge in [-0.25, -0.2) is 0 Å². The molecule has 2 heterocycles. The van der Waals surface area contributed by atoms with Crippen molar-refractivity contribution in [1.82, 2.24) is 0 Å². The molecule has 1 aromatic carbocycles. The minimum atomic E-state index is -2.24. The second-order valence-electron chi connectivity index (χ2n) is 10.9. The van der Waals surface area contributed by atoms with Crippen molar-refractivity contribution in [3.8, 4) is 11.5 Å². The second kappa shape index (κ2) is 13.2. The number of rotatable bonds is 15. The Morgan fingerprint density at radius 3 is 1.85 bits per heavy atom. The van der Waals surface area contributed by atoms with Crippen LogP contribution < -0.4 is 12.4 Å². The van der Waals surface area contributed by atoms with Crippen LogP contribution in [0.2, 0.25) is 14.8 Å². The summed E-state index contributed by atoms with van der Waals surface area (Å²) in [6.07, 6.45) is 9.97. The molecular formula is C29H46O2S2Sn. The van der Waals surface area contributed by atoms with Crippen molar-refractivity contribution in [2.24, 2.45) is 11.8 Å². The first-order chi connectivity index (χ1) is 16.3. The molecule has 3 rings (SSSR count). The predicted molar refractivity (Wildman–Crippen MR) is 158 cm³/mol. The van der Waals surface area contributed by atoms with Crippen LogP contribution in [0.1, 0.15) is 79.1 Å². The summed E-state index contributed by atoms with van der Waals surface area (Å²) < 4.78 is 17.6. The van der Waals surface area contributed by atoms with Gasteiger partial charge in [-0.15, -0.1) is 0 Å². The SMILES string of the molecule is CCCCC(CC)COc1c2c[c]([Sn]([CH3])([CH3])[CH3])sc2c(OCC(CC)CCCC)c2ccsc12. The Hall–Kier alpha value is -0.461. The zero-order chi connectivity index (χ0) is 24.7. The molecule has 34 heavy (non-hydrogen) atoms. The molecule has 0 bridgehead atoms. The molecule has 2 unspecified atom stereocenters. The van der Waals surface area contributed by atoms with Crippen molar-refractivity contribution < 1.29 is 9.47 Å². The third-order valence-electron chi connectivity index (χ3n) is 7.05. The molecule has 0 saturated carbocycles. The molecule has 0 N–H and O–H groups in total. The average molecular weight is 610 g/mol. The van der Waals surface area contributed by atoms with Gasteiger partial charge in [0.15, 0.2) is 0 Å². The molecule has 3 aromatic rings. The Kier molecular flexibility index (Phi) is 10.9. The standard InChI is InChI=1S/C26H37O2S2.3CH3.Sn/c1-5-9-11-19(7-3)17-27-23-21-13-15-30-26(21)24(22-14-16-29-25(22)23)28-18-20(8-4)12-10-6-2;;;;/h13-15,19-20H,5-12,17-18H2,1-4H3;3*1H3;. The fourth-order valence-electron chi connectivity index (χ4n) is 4.49. The van der Waals surface area contributed by atoms with Gasteiger partial charge in [-0.05, 0) is 0 Å². The number of ether oxygens (including phenoxy) is 2. The number of unbranched alkanes of at least 4 members (excludes halogenated alkanes) is 2. The van der Waals surface area contributed by atoms with E-state index < -0.39 is 18.4 Å². The summed E-state index contributed by atoms with van der Waals surface area (Å²) in [5, 5.41) is 4.75. The summed E-state index contributed by atoms with van der Waals surface area (Å²) in [5.41, 5.74) is 0. The van der Waals surface area contributed by atoms with Crippen molar-refractivity contribution in [3.05, 3.63) is 17.5 Å². The summed E-state index contributed by atoms with van der Waals surface area (Å²) >= 11 is 1.56. The molecule has 0 fully saturated rings. The molecule has 0 aliphatic rings. The van der Waals surface area contributed by atoms with Gasteiger partial charge in [0.25, 0.3) is 0 Å². The van der Waals surface area contributed by atoms with Gasteiger partial charge in [-0.1, -0.05) is 0 Å². The molecule has 0 spiro atoms. The number of hydrogen-bond donors (Lipinski definition) is 0. The number of thiophene rings is 2. The van der Waals surface area contributed by atoms with E-state index in [0.29, 0.717) is 11.8 Å². The van der Waals surface area contributed by atoms with Gasteiger partial charge >= 0.3 is 222 Å². The van der Waals surface area contributed by atoms with E-state index in [9.17, 15) is 0 Å². The van der Waals surface area contributed by atoms with E-state index in [1.165, 1.54) is 71.5 Å². The van der Waals surface area contributed by atoms with Crippen molar-refractivity contribution in [2.45, 2.75) is 93.9 Å². The maximum atomic E-state index is 6.71. The number of fused-ring (bicyclic) bond motifs is 2. The predicted octanol–water partition coefficient (Wildman–Crippen LogP) is 9.85. The van der Waals surface area contributed by atoms with Crippen LogP contribution in [0.25, 0.3) is 20.2 Å². The first kappa shape index (κ1) is 28.1. The molecular weight excluding hydrogens is 563 g/mol. The zero-order valence-electron chi connectivity index (χ0n) is 22.6. The van der Waals surface area contributed by atoms with Crippen LogP contribution in [-0.4, -0.2) is 31.6 Å². The minimum absolute atomic E-state index is 0.629. The maximum absolute atomic E-state index is 6.71. The fraction of sp³-hybridized carbons (Fsp3) is 0.655. The van der Waals surface area contributed by atoms with Gasteiger partial charge in [0.2, 0.25) is 0 Å². The zero-order valence-corrected chi connectivity index (χ0v) is 27.1. The Morgan fingerprint density at radius 2 is 1.35 bits per heavy atom. The summed E-state index contributed by atoms with van der Waals surface area (Å²) in [6, 6.07) is 4.72. The van der Waals surface area contributed by atoms with Crippen molar-refractivity contribution >= 4 is 64.1 Å². The summed E-state index contributed by atoms with van der Waals surface area (Å²) in [4.78, 5) is 7.54. The van der Waals surface area contributed by atoms with E-state index >= 15 is 0 Å². The first-order valence-corrected chi connectivity index (χ1v) is 25.2. The molecule has 0 radical (unpaired) electrons. The fourth-order valence-corrected chi connectivity index (χ4v) is 11.8. The van der Waals surface area contributed by atoms with Crippen molar-refractivity contribution in [1.29, 1.82) is 0 Å². The third kappa shape index (κ3) is 6.85. The van der Waals surface area contributed by atoms with Crippen LogP contribution in [0.5, 0.6) is 11.5 Å². The summed E-state index contributed by atoms with van der Waals surface area (Å²) in [7, 11) is 0. The van der Waals surface area contributed by atoms with E-state index in [1.54, 1.807) is 2.89 Å². The van der Waals surface area contributed by atoms with Crippen molar-refractivity contribution in [2.75, 3.05) is 13.2 Å². The monoisotopic (exact) mass is 610 g/mol. The molecule has 0 amide bonds. The summed E-state index contributed by atoms with van der Waals surface area (Å²) in [5.74, 6) is 3.48. The van der Waals surface area contributed by atoms with Gasteiger partial charge in [-0.2, -0.15) is 0 Å². The molecule has 0 aliphatic heterocycles. The van der Waals surface area contributed by atoms with Crippen LogP contribution in [0, 0.1) is 11.8 Å². The number of hydrogen-bond acceptors (Lipinski definition) is 4. The van der Waals surface area contributed by atoms with E-state index in [2.05, 4.69) is 60.0 Å². The average Bonchev–Trinajstić information content (AvgIpc) is 3.47. The molecule has 2 atom stereocenters. The normalized spacial score (nSPS) is 14.1. The third-order valence-corrected chi connectivity index (χ3v) is 18.5. The topological polar surface area (TPSA) is 18.5 Å². The van der Waals surface area contributed by atoms with Gasteiger partial charge in [0.05, 0.1) is 0 Å². The Labute approximate surface area is 220 Å². The van der Waals surface area contributed by atoms with E-state index in [0.717, 1.165) is 24.7 Å². The Morgan fingerprint density at radius 1 is 0.794 bits per heavy atom. The van der Waals surface area contributed by atoms with Crippen LogP contribution >= 0.6 is 22.7 Å². The van der Waals surface area contributed by atoms with E-state index in [-0.39, 0.29) is 0 Å². The van der Waals surface area contributed by atoms with Crippen LogP contribution in [-0.2, 0) is 0 Å². The first-order valence-electron chi connectivity index (χ1n) is 13.6. The van der Waals surface area contributed by atoms with E-state index in [4.69, 9.17) is 9.47 Å². The molecule has 0 aliphatic carbocycles. The Balaban J connectivity index is 2.02. The molecule has 0 saturated heterocycles. The van der Waals surface area contributed by atoms with Gasteiger partial charge in [0, 0.05) is 0 Å². The van der Waals surface area contributed by atoms with Crippen LogP contribution in [0.15, 0.2) is 17.5 Å². The quantitative estimate of drug-likeness (QED) is 0.160. The van der Waals surface area contributed by atoms with Crippen LogP contribution in [0.4, 0.5) is 0 Å². The summed E-state index contributed by atoms with van der Waals surface area (Å²) in [6.45, 7) is 10.8. The molecule has 190 valence electrons. The molecule has 2 nitrogen and oxygen atoms in total. The molecule has 5 heteroatoms. The second-order valence-corrected chi connectivity index (χ2v) is 28.3. The molecule has 2 aromatic heterocycles. The van der Waals surface area contributed by atoms with Crippen molar-refractivity contribution in [3.63, 3.8) is 0 Å². The van der Waals surface area contributed by atoms with Crippen LogP contribution in [0.3, 0.4) is 0 Å². The van der Waals surface area contributed by atoms with E-state index in [1.807, 2.05) is 22.7 Å². The Bertz CT molecular complexity index is 958. The number of benzene rings is 1. The van der Waals surface area contributed by atoms with Gasteiger partial charge < -0.3 is 0 Å².